The van der Waals surface area contributed by atoms with Gasteiger partial charge in [0.15, 0.2) is 11.8 Å². The molecule has 7 heteroatoms. The standard InChI is InChI=1S/C30H22Cl2N2O3/c31-24-15-11-20(12-16-24)26-29(36,22-7-3-1-4-8-22)19-34(33-26)28-30(37-28,23-9-5-2-6-10-23)27(35)21-13-17-25(32)18-14-21/h1-18,28,36H,19H2. The highest BCUT2D eigenvalue weighted by molar-refractivity contribution is 6.31. The fourth-order valence-electron chi connectivity index (χ4n) is 4.96. The molecular formula is C30H22Cl2N2O3. The summed E-state index contributed by atoms with van der Waals surface area (Å²) in [7, 11) is 0. The lowest BCUT2D eigenvalue weighted by Gasteiger charge is -2.26. The lowest BCUT2D eigenvalue weighted by molar-refractivity contribution is 0.0676. The molecule has 2 heterocycles. The lowest BCUT2D eigenvalue weighted by atomic mass is 9.85. The average molecular weight is 529 g/mol. The number of carbonyl (C=O) groups is 1. The second kappa shape index (κ2) is 9.12. The van der Waals surface area contributed by atoms with Crippen LogP contribution in [0.4, 0.5) is 0 Å². The average Bonchev–Trinajstić information content (AvgIpc) is 3.60. The Morgan fingerprint density at radius 1 is 0.811 bits per heavy atom. The number of hydrogen-bond donors (Lipinski definition) is 1. The Morgan fingerprint density at radius 3 is 1.95 bits per heavy atom. The van der Waals surface area contributed by atoms with Crippen LogP contribution in [0.25, 0.3) is 0 Å². The summed E-state index contributed by atoms with van der Waals surface area (Å²) in [5.41, 5.74) is 0.396. The van der Waals surface area contributed by atoms with E-state index in [0.717, 1.165) is 11.1 Å². The quantitative estimate of drug-likeness (QED) is 0.245. The number of Topliss-reactive ketones (excluding diaryl/α,β-unsaturated/α-hetero) is 1. The summed E-state index contributed by atoms with van der Waals surface area (Å²) in [6, 6.07) is 32.7. The first-order chi connectivity index (χ1) is 17.9. The summed E-state index contributed by atoms with van der Waals surface area (Å²) in [5, 5.41) is 19.7. The zero-order valence-corrected chi connectivity index (χ0v) is 21.1. The largest absolute Gasteiger partial charge is 0.377 e. The van der Waals surface area contributed by atoms with Crippen LogP contribution < -0.4 is 0 Å². The molecule has 0 spiro atoms. The van der Waals surface area contributed by atoms with E-state index in [0.29, 0.717) is 26.9 Å². The van der Waals surface area contributed by atoms with Crippen LogP contribution in [0.3, 0.4) is 0 Å². The zero-order valence-electron chi connectivity index (χ0n) is 19.6. The predicted molar refractivity (Wildman–Crippen MR) is 144 cm³/mol. The molecular weight excluding hydrogens is 507 g/mol. The first kappa shape index (κ1) is 23.9. The van der Waals surface area contributed by atoms with Crippen LogP contribution in [0.15, 0.2) is 114 Å². The van der Waals surface area contributed by atoms with Crippen LogP contribution in [0.2, 0.25) is 10.0 Å². The van der Waals surface area contributed by atoms with Gasteiger partial charge in [0.1, 0.15) is 5.71 Å². The normalized spacial score (nSPS) is 24.6. The molecule has 3 unspecified atom stereocenters. The maximum Gasteiger partial charge on any atom is 0.204 e. The molecule has 184 valence electrons. The van der Waals surface area contributed by atoms with E-state index in [1.54, 1.807) is 41.4 Å². The van der Waals surface area contributed by atoms with Crippen molar-refractivity contribution in [2.75, 3.05) is 6.54 Å². The molecule has 4 aromatic rings. The van der Waals surface area contributed by atoms with Crippen molar-refractivity contribution in [1.29, 1.82) is 0 Å². The number of β-amino-alcohol motifs (C(OH)–C–C–N with tert-alkyl or cyclic N) is 1. The van der Waals surface area contributed by atoms with E-state index < -0.39 is 17.4 Å². The molecule has 0 radical (unpaired) electrons. The number of ketones is 1. The van der Waals surface area contributed by atoms with Crippen LogP contribution in [-0.4, -0.2) is 34.4 Å². The van der Waals surface area contributed by atoms with Crippen molar-refractivity contribution in [3.63, 3.8) is 0 Å². The predicted octanol–water partition coefficient (Wildman–Crippen LogP) is 6.04. The highest BCUT2D eigenvalue weighted by atomic mass is 35.5. The monoisotopic (exact) mass is 528 g/mol. The summed E-state index contributed by atoms with van der Waals surface area (Å²) in [6.07, 6.45) is -0.710. The fourth-order valence-corrected chi connectivity index (χ4v) is 5.21. The van der Waals surface area contributed by atoms with Crippen molar-refractivity contribution in [1.82, 2.24) is 5.01 Å². The first-order valence-corrected chi connectivity index (χ1v) is 12.6. The number of aliphatic hydroxyl groups is 1. The maximum atomic E-state index is 13.9. The number of benzene rings is 4. The van der Waals surface area contributed by atoms with Crippen LogP contribution in [0, 0.1) is 0 Å². The van der Waals surface area contributed by atoms with Crippen LogP contribution in [0.1, 0.15) is 27.0 Å². The third kappa shape index (κ3) is 4.05. The van der Waals surface area contributed by atoms with Crippen molar-refractivity contribution in [2.45, 2.75) is 17.4 Å². The van der Waals surface area contributed by atoms with Gasteiger partial charge in [0.25, 0.3) is 0 Å². The van der Waals surface area contributed by atoms with Gasteiger partial charge in [-0.25, -0.2) is 0 Å². The fraction of sp³-hybridized carbons (Fsp3) is 0.133. The number of hydrazone groups is 1. The second-order valence-electron chi connectivity index (χ2n) is 9.19. The van der Waals surface area contributed by atoms with Gasteiger partial charge in [0.05, 0.1) is 6.54 Å². The van der Waals surface area contributed by atoms with E-state index >= 15 is 0 Å². The minimum atomic E-state index is -1.42. The molecule has 5 nitrogen and oxygen atoms in total. The summed E-state index contributed by atoms with van der Waals surface area (Å²) < 4.78 is 6.26. The van der Waals surface area contributed by atoms with Gasteiger partial charge in [-0.2, -0.15) is 5.10 Å². The number of ether oxygens (including phenoxy) is 1. The Bertz CT molecular complexity index is 1480. The molecule has 0 amide bonds. The van der Waals surface area contributed by atoms with E-state index in [9.17, 15) is 9.90 Å². The SMILES string of the molecule is O=C(c1ccc(Cl)cc1)C1(c2ccccc2)OC1N1CC(O)(c2ccccc2)C(c2ccc(Cl)cc2)=N1. The lowest BCUT2D eigenvalue weighted by Crippen LogP contribution is -2.40. The first-order valence-electron chi connectivity index (χ1n) is 11.8. The van der Waals surface area contributed by atoms with Gasteiger partial charge in [0, 0.05) is 21.2 Å². The molecule has 2 aliphatic heterocycles. The van der Waals surface area contributed by atoms with Crippen molar-refractivity contribution < 1.29 is 14.6 Å². The Kier molecular flexibility index (Phi) is 5.89. The Labute approximate surface area is 224 Å². The summed E-state index contributed by atoms with van der Waals surface area (Å²) in [6.45, 7) is 0.113. The highest BCUT2D eigenvalue weighted by Gasteiger charge is 2.68. The Hall–Kier alpha value is -3.48. The van der Waals surface area contributed by atoms with Gasteiger partial charge in [-0.3, -0.25) is 9.80 Å². The van der Waals surface area contributed by atoms with Crippen molar-refractivity contribution in [3.8, 4) is 0 Å². The summed E-state index contributed by atoms with van der Waals surface area (Å²) in [5.74, 6) is -0.196. The van der Waals surface area contributed by atoms with Gasteiger partial charge < -0.3 is 9.84 Å². The van der Waals surface area contributed by atoms with Gasteiger partial charge in [0.2, 0.25) is 11.4 Å². The topological polar surface area (TPSA) is 65.4 Å². The van der Waals surface area contributed by atoms with Crippen molar-refractivity contribution >= 4 is 34.7 Å². The van der Waals surface area contributed by atoms with Gasteiger partial charge in [-0.05, 0) is 47.5 Å². The minimum absolute atomic E-state index is 0.113. The van der Waals surface area contributed by atoms with Crippen LogP contribution in [0.5, 0.6) is 0 Å². The number of hydrogen-bond acceptors (Lipinski definition) is 5. The molecule has 0 aliphatic carbocycles. The third-order valence-corrected chi connectivity index (χ3v) is 7.39. The number of nitrogens with zero attached hydrogens (tertiary/aromatic N) is 2. The van der Waals surface area contributed by atoms with E-state index in [1.165, 1.54) is 0 Å². The summed E-state index contributed by atoms with van der Waals surface area (Å²) >= 11 is 12.2. The van der Waals surface area contributed by atoms with E-state index in [1.807, 2.05) is 72.8 Å². The highest BCUT2D eigenvalue weighted by Crippen LogP contribution is 2.52. The molecule has 0 saturated carbocycles. The van der Waals surface area contributed by atoms with Gasteiger partial charge >= 0.3 is 0 Å². The Morgan fingerprint density at radius 2 is 1.35 bits per heavy atom. The minimum Gasteiger partial charge on any atom is -0.377 e. The van der Waals surface area contributed by atoms with Gasteiger partial charge in [-0.1, -0.05) is 96.0 Å². The molecule has 0 aromatic heterocycles. The van der Waals surface area contributed by atoms with E-state index in [-0.39, 0.29) is 12.3 Å². The number of rotatable bonds is 6. The molecule has 1 N–H and O–H groups in total. The number of halogens is 2. The molecule has 1 fully saturated rings. The second-order valence-corrected chi connectivity index (χ2v) is 10.1. The van der Waals surface area contributed by atoms with Crippen LogP contribution in [-0.2, 0) is 15.9 Å². The summed E-state index contributed by atoms with van der Waals surface area (Å²) in [4.78, 5) is 13.9. The van der Waals surface area contributed by atoms with E-state index in [4.69, 9.17) is 33.0 Å². The van der Waals surface area contributed by atoms with Gasteiger partial charge in [-0.15, -0.1) is 0 Å². The molecule has 37 heavy (non-hydrogen) atoms. The molecule has 3 atom stereocenters. The third-order valence-electron chi connectivity index (χ3n) is 6.89. The zero-order chi connectivity index (χ0) is 25.6. The number of epoxide rings is 1. The van der Waals surface area contributed by atoms with Crippen molar-refractivity contribution in [2.24, 2.45) is 5.10 Å². The molecule has 2 aliphatic rings. The number of carbonyl (C=O) groups excluding carboxylic acids is 1. The van der Waals surface area contributed by atoms with E-state index in [2.05, 4.69) is 0 Å². The molecule has 6 rings (SSSR count). The van der Waals surface area contributed by atoms with Crippen molar-refractivity contribution in [3.05, 3.63) is 141 Å². The molecule has 0 bridgehead atoms. The maximum absolute atomic E-state index is 13.9. The molecule has 1 saturated heterocycles. The molecule has 4 aromatic carbocycles. The smallest absolute Gasteiger partial charge is 0.204 e. The van der Waals surface area contributed by atoms with Crippen LogP contribution >= 0.6 is 23.2 Å². The Balaban J connectivity index is 1.43.